The Morgan fingerprint density at radius 3 is 2.20 bits per heavy atom. The van der Waals surface area contributed by atoms with Crippen molar-refractivity contribution in [3.63, 3.8) is 0 Å². The fourth-order valence-corrected chi connectivity index (χ4v) is 4.56. The maximum atomic E-state index is 4.93. The lowest BCUT2D eigenvalue weighted by atomic mass is 10.0. The summed E-state index contributed by atoms with van der Waals surface area (Å²) in [5.74, 6) is 0. The smallest absolute Gasteiger partial charge is 0.0712 e. The average Bonchev–Trinajstić information content (AvgIpc) is 2.76. The van der Waals surface area contributed by atoms with Crippen molar-refractivity contribution in [1.82, 2.24) is 14.8 Å². The van der Waals surface area contributed by atoms with Gasteiger partial charge in [-0.3, -0.25) is 4.90 Å². The minimum absolute atomic E-state index is 0. The van der Waals surface area contributed by atoms with Crippen LogP contribution in [-0.4, -0.2) is 47.0 Å². The third-order valence-electron chi connectivity index (χ3n) is 6.15. The van der Waals surface area contributed by atoms with Crippen LogP contribution < -0.4 is 0 Å². The summed E-state index contributed by atoms with van der Waals surface area (Å²) >= 11 is 0. The third-order valence-corrected chi connectivity index (χ3v) is 6.15. The van der Waals surface area contributed by atoms with Gasteiger partial charge in [-0.05, 0) is 56.7 Å². The number of aromatic nitrogens is 1. The van der Waals surface area contributed by atoms with Crippen LogP contribution in [-0.2, 0) is 6.54 Å². The number of benzene rings is 2. The SMILES string of the molecule is CCN(CC)C1CCN(Cc2cc(-c3ccccc3)nc3ccccc23)CC1.Cl.Cl. The topological polar surface area (TPSA) is 19.4 Å². The summed E-state index contributed by atoms with van der Waals surface area (Å²) in [4.78, 5) is 10.2. The van der Waals surface area contributed by atoms with Gasteiger partial charge in [-0.1, -0.05) is 62.4 Å². The van der Waals surface area contributed by atoms with E-state index in [-0.39, 0.29) is 24.8 Å². The lowest BCUT2D eigenvalue weighted by Gasteiger charge is -2.37. The highest BCUT2D eigenvalue weighted by Gasteiger charge is 2.23. The number of hydrogen-bond acceptors (Lipinski definition) is 3. The summed E-state index contributed by atoms with van der Waals surface area (Å²) in [5.41, 5.74) is 4.75. The largest absolute Gasteiger partial charge is 0.301 e. The molecule has 0 amide bonds. The third kappa shape index (κ3) is 5.53. The van der Waals surface area contributed by atoms with Crippen molar-refractivity contribution < 1.29 is 0 Å². The highest BCUT2D eigenvalue weighted by molar-refractivity contribution is 5.86. The molecule has 30 heavy (non-hydrogen) atoms. The summed E-state index contributed by atoms with van der Waals surface area (Å²) in [6.45, 7) is 10.3. The predicted octanol–water partition coefficient (Wildman–Crippen LogP) is 6.05. The van der Waals surface area contributed by atoms with Gasteiger partial charge < -0.3 is 4.90 Å². The van der Waals surface area contributed by atoms with E-state index in [1.165, 1.54) is 42.4 Å². The highest BCUT2D eigenvalue weighted by Crippen LogP contribution is 2.27. The molecule has 0 spiro atoms. The van der Waals surface area contributed by atoms with E-state index in [9.17, 15) is 0 Å². The lowest BCUT2D eigenvalue weighted by Crippen LogP contribution is -2.44. The normalized spacial score (nSPS) is 15.0. The van der Waals surface area contributed by atoms with Crippen LogP contribution >= 0.6 is 24.8 Å². The second-order valence-corrected chi connectivity index (χ2v) is 7.78. The van der Waals surface area contributed by atoms with Crippen molar-refractivity contribution in [2.45, 2.75) is 39.3 Å². The molecule has 0 atom stereocenters. The monoisotopic (exact) mass is 445 g/mol. The Bertz CT molecular complexity index is 905. The van der Waals surface area contributed by atoms with Gasteiger partial charge >= 0.3 is 0 Å². The van der Waals surface area contributed by atoms with Gasteiger partial charge in [0.2, 0.25) is 0 Å². The molecule has 1 aliphatic rings. The van der Waals surface area contributed by atoms with Crippen LogP contribution in [0.2, 0.25) is 0 Å². The minimum atomic E-state index is 0. The molecule has 2 heterocycles. The fourth-order valence-electron chi connectivity index (χ4n) is 4.56. The molecule has 0 radical (unpaired) electrons. The molecule has 1 saturated heterocycles. The van der Waals surface area contributed by atoms with E-state index in [0.29, 0.717) is 0 Å². The van der Waals surface area contributed by atoms with Gasteiger partial charge in [0.15, 0.2) is 0 Å². The first kappa shape index (κ1) is 24.6. The van der Waals surface area contributed by atoms with E-state index < -0.39 is 0 Å². The van der Waals surface area contributed by atoms with Crippen molar-refractivity contribution in [3.8, 4) is 11.3 Å². The van der Waals surface area contributed by atoms with Gasteiger partial charge in [0, 0.05) is 23.5 Å². The summed E-state index contributed by atoms with van der Waals surface area (Å²) in [5, 5.41) is 1.29. The number of fused-ring (bicyclic) bond motifs is 1. The van der Waals surface area contributed by atoms with Gasteiger partial charge in [-0.2, -0.15) is 0 Å². The van der Waals surface area contributed by atoms with E-state index in [1.54, 1.807) is 0 Å². The molecule has 0 saturated carbocycles. The molecule has 0 aliphatic carbocycles. The maximum Gasteiger partial charge on any atom is 0.0712 e. The molecule has 5 heteroatoms. The fraction of sp³-hybridized carbons (Fsp3) is 0.400. The Kier molecular flexibility index (Phi) is 9.57. The number of para-hydroxylation sites is 1. The zero-order valence-electron chi connectivity index (χ0n) is 18.0. The van der Waals surface area contributed by atoms with Crippen LogP contribution in [0.25, 0.3) is 22.2 Å². The Morgan fingerprint density at radius 2 is 1.53 bits per heavy atom. The van der Waals surface area contributed by atoms with Gasteiger partial charge in [0.05, 0.1) is 11.2 Å². The quantitative estimate of drug-likeness (QED) is 0.459. The molecule has 3 nitrogen and oxygen atoms in total. The number of pyridine rings is 1. The van der Waals surface area contributed by atoms with Gasteiger partial charge in [0.1, 0.15) is 0 Å². The van der Waals surface area contributed by atoms with Crippen molar-refractivity contribution >= 4 is 35.7 Å². The average molecular weight is 446 g/mol. The van der Waals surface area contributed by atoms with Crippen LogP contribution in [0.1, 0.15) is 32.3 Å². The lowest BCUT2D eigenvalue weighted by molar-refractivity contribution is 0.113. The van der Waals surface area contributed by atoms with E-state index in [2.05, 4.69) is 84.3 Å². The number of piperidine rings is 1. The molecule has 1 aliphatic heterocycles. The first-order valence-electron chi connectivity index (χ1n) is 10.7. The molecule has 1 aromatic heterocycles. The predicted molar refractivity (Wildman–Crippen MR) is 133 cm³/mol. The number of rotatable bonds is 6. The van der Waals surface area contributed by atoms with Gasteiger partial charge in [0.25, 0.3) is 0 Å². The van der Waals surface area contributed by atoms with Crippen molar-refractivity contribution in [1.29, 1.82) is 0 Å². The van der Waals surface area contributed by atoms with Crippen molar-refractivity contribution in [3.05, 3.63) is 66.2 Å². The molecule has 4 rings (SSSR count). The first-order valence-corrected chi connectivity index (χ1v) is 10.7. The Labute approximate surface area is 193 Å². The molecule has 162 valence electrons. The van der Waals surface area contributed by atoms with E-state index in [0.717, 1.165) is 36.9 Å². The standard InChI is InChI=1S/C25H31N3.2ClH/c1-3-28(4-2)22-14-16-27(17-15-22)19-21-18-25(20-10-6-5-7-11-20)26-24-13-9-8-12-23(21)24;;/h5-13,18,22H,3-4,14-17,19H2,1-2H3;2*1H. The van der Waals surface area contributed by atoms with Crippen LogP contribution in [0.3, 0.4) is 0 Å². The molecule has 0 bridgehead atoms. The van der Waals surface area contributed by atoms with Crippen LogP contribution in [0, 0.1) is 0 Å². The van der Waals surface area contributed by atoms with Crippen LogP contribution in [0.5, 0.6) is 0 Å². The van der Waals surface area contributed by atoms with E-state index >= 15 is 0 Å². The van der Waals surface area contributed by atoms with Crippen molar-refractivity contribution in [2.75, 3.05) is 26.2 Å². The number of halogens is 2. The summed E-state index contributed by atoms with van der Waals surface area (Å²) in [6, 6.07) is 22.2. The number of likely N-dealkylation sites (tertiary alicyclic amines) is 1. The summed E-state index contributed by atoms with van der Waals surface area (Å²) in [7, 11) is 0. The molecule has 2 aromatic carbocycles. The zero-order chi connectivity index (χ0) is 19.3. The summed E-state index contributed by atoms with van der Waals surface area (Å²) < 4.78 is 0. The molecule has 3 aromatic rings. The molecule has 0 unspecified atom stereocenters. The number of hydrogen-bond donors (Lipinski definition) is 0. The maximum absolute atomic E-state index is 4.93. The van der Waals surface area contributed by atoms with Crippen LogP contribution in [0.4, 0.5) is 0 Å². The Balaban J connectivity index is 0.00000160. The van der Waals surface area contributed by atoms with Crippen LogP contribution in [0.15, 0.2) is 60.7 Å². The molecule has 1 fully saturated rings. The first-order chi connectivity index (χ1) is 13.8. The minimum Gasteiger partial charge on any atom is -0.301 e. The summed E-state index contributed by atoms with van der Waals surface area (Å²) in [6.07, 6.45) is 2.55. The van der Waals surface area contributed by atoms with E-state index in [1.807, 2.05) is 0 Å². The molecule has 0 N–H and O–H groups in total. The number of nitrogens with zero attached hydrogens (tertiary/aromatic N) is 3. The Morgan fingerprint density at radius 1 is 0.900 bits per heavy atom. The highest BCUT2D eigenvalue weighted by atomic mass is 35.5. The van der Waals surface area contributed by atoms with Crippen molar-refractivity contribution in [2.24, 2.45) is 0 Å². The second-order valence-electron chi connectivity index (χ2n) is 7.78. The molecular formula is C25H33Cl2N3. The van der Waals surface area contributed by atoms with Gasteiger partial charge in [-0.25, -0.2) is 4.98 Å². The van der Waals surface area contributed by atoms with Gasteiger partial charge in [-0.15, -0.1) is 24.8 Å². The Hall–Kier alpha value is -1.65. The zero-order valence-corrected chi connectivity index (χ0v) is 19.6. The second kappa shape index (κ2) is 11.7. The van der Waals surface area contributed by atoms with E-state index in [4.69, 9.17) is 4.98 Å². The molecular weight excluding hydrogens is 413 g/mol.